The standard InChI is InChI=1S/C11H15N3S/c1-3-14-5-4-13-11(14)9-6-10(7-12-2)15-8-9/h4-6,8,12H,3,7H2,1-2H3. The van der Waals surface area contributed by atoms with E-state index in [0.29, 0.717) is 0 Å². The maximum Gasteiger partial charge on any atom is 0.140 e. The summed E-state index contributed by atoms with van der Waals surface area (Å²) in [4.78, 5) is 5.73. The van der Waals surface area contributed by atoms with Crippen LogP contribution in [0, 0.1) is 0 Å². The molecule has 80 valence electrons. The van der Waals surface area contributed by atoms with Crippen molar-refractivity contribution in [3.8, 4) is 11.4 Å². The first-order chi connectivity index (χ1) is 7.35. The van der Waals surface area contributed by atoms with E-state index in [2.05, 4.69) is 33.2 Å². The Bertz CT molecular complexity index is 430. The van der Waals surface area contributed by atoms with Crippen LogP contribution in [0.3, 0.4) is 0 Å². The number of thiophene rings is 1. The predicted molar refractivity (Wildman–Crippen MR) is 64.0 cm³/mol. The molecule has 2 aromatic heterocycles. The summed E-state index contributed by atoms with van der Waals surface area (Å²) in [5.74, 6) is 1.07. The van der Waals surface area contributed by atoms with Crippen LogP contribution in [-0.2, 0) is 13.1 Å². The van der Waals surface area contributed by atoms with Gasteiger partial charge in [-0.3, -0.25) is 0 Å². The summed E-state index contributed by atoms with van der Waals surface area (Å²) in [6.45, 7) is 4.02. The first kappa shape index (κ1) is 10.4. The van der Waals surface area contributed by atoms with Crippen molar-refractivity contribution in [2.75, 3.05) is 7.05 Å². The summed E-state index contributed by atoms with van der Waals surface area (Å²) in [7, 11) is 1.96. The minimum Gasteiger partial charge on any atom is -0.331 e. The van der Waals surface area contributed by atoms with Crippen molar-refractivity contribution in [3.63, 3.8) is 0 Å². The number of aryl methyl sites for hydroxylation is 1. The summed E-state index contributed by atoms with van der Waals surface area (Å²) < 4.78 is 2.16. The molecule has 15 heavy (non-hydrogen) atoms. The van der Waals surface area contributed by atoms with E-state index in [0.717, 1.165) is 18.9 Å². The molecule has 2 aromatic rings. The van der Waals surface area contributed by atoms with Crippen LogP contribution in [0.4, 0.5) is 0 Å². The van der Waals surface area contributed by atoms with E-state index in [4.69, 9.17) is 0 Å². The molecule has 0 aromatic carbocycles. The van der Waals surface area contributed by atoms with Crippen LogP contribution in [0.25, 0.3) is 11.4 Å². The van der Waals surface area contributed by atoms with Gasteiger partial charge < -0.3 is 9.88 Å². The van der Waals surface area contributed by atoms with E-state index >= 15 is 0 Å². The second-order valence-corrected chi connectivity index (χ2v) is 4.36. The first-order valence-corrected chi connectivity index (χ1v) is 5.96. The zero-order chi connectivity index (χ0) is 10.7. The van der Waals surface area contributed by atoms with Crippen molar-refractivity contribution >= 4 is 11.3 Å². The number of nitrogens with one attached hydrogen (secondary N) is 1. The second-order valence-electron chi connectivity index (χ2n) is 3.37. The van der Waals surface area contributed by atoms with Crippen molar-refractivity contribution in [1.29, 1.82) is 0 Å². The molecule has 3 nitrogen and oxygen atoms in total. The van der Waals surface area contributed by atoms with E-state index in [1.54, 1.807) is 11.3 Å². The maximum absolute atomic E-state index is 4.38. The SMILES string of the molecule is CCn1ccnc1-c1csc(CNC)c1. The number of nitrogens with zero attached hydrogens (tertiary/aromatic N) is 2. The highest BCUT2D eigenvalue weighted by molar-refractivity contribution is 7.10. The van der Waals surface area contributed by atoms with Gasteiger partial charge in [0.2, 0.25) is 0 Å². The van der Waals surface area contributed by atoms with Crippen LogP contribution in [0.1, 0.15) is 11.8 Å². The van der Waals surface area contributed by atoms with Gasteiger partial charge in [-0.25, -0.2) is 4.98 Å². The Morgan fingerprint density at radius 1 is 1.53 bits per heavy atom. The van der Waals surface area contributed by atoms with Gasteiger partial charge in [0.25, 0.3) is 0 Å². The van der Waals surface area contributed by atoms with Gasteiger partial charge in [0.05, 0.1) is 0 Å². The molecule has 0 amide bonds. The lowest BCUT2D eigenvalue weighted by Crippen LogP contribution is -2.02. The van der Waals surface area contributed by atoms with E-state index in [9.17, 15) is 0 Å². The number of aromatic nitrogens is 2. The monoisotopic (exact) mass is 221 g/mol. The lowest BCUT2D eigenvalue weighted by molar-refractivity contribution is 0.771. The molecule has 1 N–H and O–H groups in total. The fraction of sp³-hybridized carbons (Fsp3) is 0.364. The van der Waals surface area contributed by atoms with Gasteiger partial charge in [0, 0.05) is 41.3 Å². The van der Waals surface area contributed by atoms with Gasteiger partial charge >= 0.3 is 0 Å². The zero-order valence-electron chi connectivity index (χ0n) is 9.03. The zero-order valence-corrected chi connectivity index (χ0v) is 9.84. The first-order valence-electron chi connectivity index (χ1n) is 5.08. The molecule has 0 aliphatic rings. The van der Waals surface area contributed by atoms with E-state index < -0.39 is 0 Å². The van der Waals surface area contributed by atoms with Gasteiger partial charge in [-0.2, -0.15) is 0 Å². The van der Waals surface area contributed by atoms with Crippen molar-refractivity contribution < 1.29 is 0 Å². The molecule has 0 aliphatic carbocycles. The molecule has 0 fully saturated rings. The Balaban J connectivity index is 2.28. The van der Waals surface area contributed by atoms with Crippen LogP contribution < -0.4 is 5.32 Å². The predicted octanol–water partition coefficient (Wildman–Crippen LogP) is 2.35. The van der Waals surface area contributed by atoms with E-state index in [1.165, 1.54) is 10.4 Å². The quantitative estimate of drug-likeness (QED) is 0.859. The molecule has 0 radical (unpaired) electrons. The van der Waals surface area contributed by atoms with Crippen LogP contribution >= 0.6 is 11.3 Å². The fourth-order valence-electron chi connectivity index (χ4n) is 1.59. The third-order valence-corrected chi connectivity index (χ3v) is 3.26. The van der Waals surface area contributed by atoms with Gasteiger partial charge in [-0.05, 0) is 20.0 Å². The number of hydrogen-bond donors (Lipinski definition) is 1. The Morgan fingerprint density at radius 3 is 3.13 bits per heavy atom. The molecule has 0 spiro atoms. The molecular weight excluding hydrogens is 206 g/mol. The van der Waals surface area contributed by atoms with Crippen molar-refractivity contribution in [3.05, 3.63) is 28.7 Å². The lowest BCUT2D eigenvalue weighted by Gasteiger charge is -2.01. The van der Waals surface area contributed by atoms with Crippen molar-refractivity contribution in [2.45, 2.75) is 20.0 Å². The molecule has 0 aliphatic heterocycles. The Morgan fingerprint density at radius 2 is 2.40 bits per heavy atom. The molecule has 2 heterocycles. The molecule has 2 rings (SSSR count). The van der Waals surface area contributed by atoms with Crippen LogP contribution in [0.5, 0.6) is 0 Å². The van der Waals surface area contributed by atoms with Gasteiger partial charge in [-0.15, -0.1) is 11.3 Å². The molecule has 0 saturated heterocycles. The Labute approximate surface area is 93.8 Å². The van der Waals surface area contributed by atoms with Gasteiger partial charge in [0.15, 0.2) is 0 Å². The molecule has 0 atom stereocenters. The highest BCUT2D eigenvalue weighted by atomic mass is 32.1. The largest absolute Gasteiger partial charge is 0.331 e. The summed E-state index contributed by atoms with van der Waals surface area (Å²) >= 11 is 1.78. The van der Waals surface area contributed by atoms with Crippen LogP contribution in [-0.4, -0.2) is 16.6 Å². The molecule has 0 unspecified atom stereocenters. The van der Waals surface area contributed by atoms with Gasteiger partial charge in [0.1, 0.15) is 5.82 Å². The highest BCUT2D eigenvalue weighted by Gasteiger charge is 2.06. The van der Waals surface area contributed by atoms with Crippen LogP contribution in [0.2, 0.25) is 0 Å². The fourth-order valence-corrected chi connectivity index (χ4v) is 2.46. The summed E-state index contributed by atoms with van der Waals surface area (Å²) in [5.41, 5.74) is 1.22. The maximum atomic E-state index is 4.38. The minimum atomic E-state index is 0.928. The smallest absolute Gasteiger partial charge is 0.140 e. The van der Waals surface area contributed by atoms with Gasteiger partial charge in [-0.1, -0.05) is 0 Å². The van der Waals surface area contributed by atoms with Crippen LogP contribution in [0.15, 0.2) is 23.8 Å². The average Bonchev–Trinajstić information content (AvgIpc) is 2.84. The minimum absolute atomic E-state index is 0.928. The lowest BCUT2D eigenvalue weighted by atomic mass is 10.3. The summed E-state index contributed by atoms with van der Waals surface area (Å²) in [5, 5.41) is 5.32. The molecule has 4 heteroatoms. The number of imidazole rings is 1. The Hall–Kier alpha value is -1.13. The van der Waals surface area contributed by atoms with E-state index in [1.807, 2.05) is 19.4 Å². The summed E-state index contributed by atoms with van der Waals surface area (Å²) in [6, 6.07) is 2.20. The Kier molecular flexibility index (Phi) is 3.18. The van der Waals surface area contributed by atoms with E-state index in [-0.39, 0.29) is 0 Å². The normalized spacial score (nSPS) is 10.8. The second kappa shape index (κ2) is 4.59. The topological polar surface area (TPSA) is 29.9 Å². The third-order valence-electron chi connectivity index (χ3n) is 2.32. The number of rotatable bonds is 4. The highest BCUT2D eigenvalue weighted by Crippen LogP contribution is 2.24. The molecule has 0 bridgehead atoms. The average molecular weight is 221 g/mol. The number of hydrogen-bond acceptors (Lipinski definition) is 3. The summed E-state index contributed by atoms with van der Waals surface area (Å²) in [6.07, 6.45) is 3.87. The molecule has 0 saturated carbocycles. The third kappa shape index (κ3) is 2.11. The molecular formula is C11H15N3S. The van der Waals surface area contributed by atoms with Crippen molar-refractivity contribution in [1.82, 2.24) is 14.9 Å². The van der Waals surface area contributed by atoms with Crippen molar-refractivity contribution in [2.24, 2.45) is 0 Å².